The Labute approximate surface area is 208 Å². The normalized spacial score (nSPS) is 24.2. The maximum Gasteiger partial charge on any atom is 0.312 e. The number of rotatable bonds is 11. The fraction of sp³-hybridized carbons (Fsp3) is 0.731. The molecule has 0 aliphatic heterocycles. The van der Waals surface area contributed by atoms with Crippen LogP contribution in [-0.4, -0.2) is 41.5 Å². The van der Waals surface area contributed by atoms with Gasteiger partial charge in [0.1, 0.15) is 0 Å². The zero-order chi connectivity index (χ0) is 26.5. The van der Waals surface area contributed by atoms with Gasteiger partial charge in [-0.25, -0.2) is 4.79 Å². The number of nitrogens with two attached hydrogens (primary N) is 2. The zero-order valence-electron chi connectivity index (χ0n) is 21.7. The average Bonchev–Trinajstić information content (AvgIpc) is 3.15. The lowest BCUT2D eigenvalue weighted by Gasteiger charge is -2.30. The molecule has 0 spiro atoms. The van der Waals surface area contributed by atoms with Gasteiger partial charge in [-0.05, 0) is 48.5 Å². The lowest BCUT2D eigenvalue weighted by atomic mass is 9.80. The maximum atomic E-state index is 13.4. The van der Waals surface area contributed by atoms with Gasteiger partial charge in [-0.2, -0.15) is 0 Å². The first kappa shape index (κ1) is 28.5. The SMILES string of the molecule is CCC(C)[C@H]1C/C(=C\C(=O)[C@@H](NC(N)=O)C(C)(C)C)[C@H](C(=O)NC(CC2CCC2)C(=O)C(N)=O)C1. The maximum absolute atomic E-state index is 13.4. The van der Waals surface area contributed by atoms with Gasteiger partial charge in [-0.1, -0.05) is 65.9 Å². The number of hydrogen-bond donors (Lipinski definition) is 4. The van der Waals surface area contributed by atoms with E-state index in [-0.39, 0.29) is 23.5 Å². The molecule has 35 heavy (non-hydrogen) atoms. The molecule has 9 heteroatoms. The van der Waals surface area contributed by atoms with Crippen molar-refractivity contribution < 1.29 is 24.0 Å². The van der Waals surface area contributed by atoms with Crippen LogP contribution in [0.15, 0.2) is 11.6 Å². The van der Waals surface area contributed by atoms with Crippen molar-refractivity contribution in [1.29, 1.82) is 0 Å². The molecule has 0 heterocycles. The number of amides is 4. The molecule has 2 aliphatic rings. The summed E-state index contributed by atoms with van der Waals surface area (Å²) < 4.78 is 0. The van der Waals surface area contributed by atoms with Crippen molar-refractivity contribution in [2.75, 3.05) is 0 Å². The number of nitrogens with one attached hydrogen (secondary N) is 2. The molecule has 2 fully saturated rings. The smallest absolute Gasteiger partial charge is 0.312 e. The molecule has 6 N–H and O–H groups in total. The van der Waals surface area contributed by atoms with Crippen molar-refractivity contribution in [3.05, 3.63) is 11.6 Å². The number of urea groups is 1. The van der Waals surface area contributed by atoms with Gasteiger partial charge in [-0.3, -0.25) is 19.2 Å². The summed E-state index contributed by atoms with van der Waals surface area (Å²) in [5, 5.41) is 5.31. The minimum atomic E-state index is -1.06. The lowest BCUT2D eigenvalue weighted by molar-refractivity contribution is -0.139. The largest absolute Gasteiger partial charge is 0.363 e. The van der Waals surface area contributed by atoms with E-state index in [9.17, 15) is 24.0 Å². The first-order chi connectivity index (χ1) is 16.2. The Balaban J connectivity index is 2.31. The second kappa shape index (κ2) is 11.8. The second-order valence-corrected chi connectivity index (χ2v) is 11.4. The molecule has 0 aromatic heterocycles. The van der Waals surface area contributed by atoms with Crippen LogP contribution in [0.3, 0.4) is 0 Å². The molecule has 5 atom stereocenters. The van der Waals surface area contributed by atoms with Crippen molar-refractivity contribution in [3.8, 4) is 0 Å². The Morgan fingerprint density at radius 1 is 1.09 bits per heavy atom. The highest BCUT2D eigenvalue weighted by Crippen LogP contribution is 2.41. The van der Waals surface area contributed by atoms with E-state index < -0.39 is 41.1 Å². The summed E-state index contributed by atoms with van der Waals surface area (Å²) in [4.78, 5) is 62.2. The molecule has 0 saturated heterocycles. The molecule has 2 saturated carbocycles. The van der Waals surface area contributed by atoms with Crippen molar-refractivity contribution in [1.82, 2.24) is 10.6 Å². The molecule has 4 amide bonds. The highest BCUT2D eigenvalue weighted by Gasteiger charge is 2.40. The van der Waals surface area contributed by atoms with E-state index in [0.717, 1.165) is 25.7 Å². The van der Waals surface area contributed by atoms with Crippen LogP contribution in [0.1, 0.15) is 79.6 Å². The Bertz CT molecular complexity index is 871. The second-order valence-electron chi connectivity index (χ2n) is 11.4. The highest BCUT2D eigenvalue weighted by atomic mass is 16.2. The van der Waals surface area contributed by atoms with E-state index in [0.29, 0.717) is 30.8 Å². The first-order valence-corrected chi connectivity index (χ1v) is 12.7. The summed E-state index contributed by atoms with van der Waals surface area (Å²) in [6.45, 7) is 9.67. The van der Waals surface area contributed by atoms with Gasteiger partial charge in [0.15, 0.2) is 5.78 Å². The van der Waals surface area contributed by atoms with Crippen molar-refractivity contribution in [2.24, 2.45) is 40.6 Å². The van der Waals surface area contributed by atoms with Crippen LogP contribution in [0.4, 0.5) is 4.79 Å². The Morgan fingerprint density at radius 2 is 1.71 bits per heavy atom. The van der Waals surface area contributed by atoms with Gasteiger partial charge in [0, 0.05) is 0 Å². The predicted octanol–water partition coefficient (Wildman–Crippen LogP) is 2.37. The van der Waals surface area contributed by atoms with E-state index in [2.05, 4.69) is 24.5 Å². The van der Waals surface area contributed by atoms with Crippen LogP contribution < -0.4 is 22.1 Å². The molecule has 196 valence electrons. The third-order valence-corrected chi connectivity index (χ3v) is 7.68. The van der Waals surface area contributed by atoms with Gasteiger partial charge >= 0.3 is 6.03 Å². The van der Waals surface area contributed by atoms with Crippen LogP contribution in [0.2, 0.25) is 0 Å². The van der Waals surface area contributed by atoms with Gasteiger partial charge in [0.2, 0.25) is 11.7 Å². The topological polar surface area (TPSA) is 161 Å². The van der Waals surface area contributed by atoms with Crippen molar-refractivity contribution in [3.63, 3.8) is 0 Å². The molecule has 0 aromatic rings. The molecule has 2 rings (SSSR count). The molecule has 2 unspecified atom stereocenters. The van der Waals surface area contributed by atoms with Gasteiger partial charge < -0.3 is 22.1 Å². The van der Waals surface area contributed by atoms with Crippen LogP contribution >= 0.6 is 0 Å². The molecule has 0 radical (unpaired) electrons. The number of ketones is 2. The van der Waals surface area contributed by atoms with E-state index in [1.54, 1.807) is 0 Å². The molecule has 0 aromatic carbocycles. The summed E-state index contributed by atoms with van der Waals surface area (Å²) in [7, 11) is 0. The molecular weight excluding hydrogens is 448 g/mol. The summed E-state index contributed by atoms with van der Waals surface area (Å²) in [6.07, 6.45) is 6.89. The summed E-state index contributed by atoms with van der Waals surface area (Å²) in [5.74, 6) is -2.33. The van der Waals surface area contributed by atoms with E-state index in [1.165, 1.54) is 6.08 Å². The van der Waals surface area contributed by atoms with Crippen LogP contribution in [0.5, 0.6) is 0 Å². The van der Waals surface area contributed by atoms with Crippen LogP contribution in [0, 0.1) is 29.1 Å². The first-order valence-electron chi connectivity index (χ1n) is 12.7. The summed E-state index contributed by atoms with van der Waals surface area (Å²) in [6, 6.07) is -2.59. The fourth-order valence-corrected chi connectivity index (χ4v) is 5.04. The fourth-order valence-electron chi connectivity index (χ4n) is 5.04. The quantitative estimate of drug-likeness (QED) is 0.258. The van der Waals surface area contributed by atoms with Crippen molar-refractivity contribution >= 4 is 29.4 Å². The van der Waals surface area contributed by atoms with E-state index >= 15 is 0 Å². The third-order valence-electron chi connectivity index (χ3n) is 7.68. The van der Waals surface area contributed by atoms with Crippen LogP contribution in [-0.2, 0) is 19.2 Å². The summed E-state index contributed by atoms with van der Waals surface area (Å²) >= 11 is 0. The molecule has 9 nitrogen and oxygen atoms in total. The molecule has 2 aliphatic carbocycles. The van der Waals surface area contributed by atoms with Gasteiger partial charge in [0.05, 0.1) is 18.0 Å². The highest BCUT2D eigenvalue weighted by molar-refractivity contribution is 6.37. The number of hydrogen-bond acceptors (Lipinski definition) is 5. The lowest BCUT2D eigenvalue weighted by Crippen LogP contribution is -2.50. The monoisotopic (exact) mass is 490 g/mol. The standard InChI is InChI=1S/C26H42N4O5/c1-6-14(2)16-11-17(13-20(31)22(26(3,4)5)30-25(28)35)18(12-16)24(34)29-19(21(32)23(27)33)10-15-8-7-9-15/h13-16,18-19,22H,6-12H2,1-5H3,(H2,27,33)(H,29,34)(H3,28,30,35)/b17-13+/t14?,16-,18+,19?,22+/m0/s1. The predicted molar refractivity (Wildman–Crippen MR) is 133 cm³/mol. The number of Topliss-reactive ketones (excluding diaryl/α,β-unsaturated/α-hetero) is 1. The van der Waals surface area contributed by atoms with Gasteiger partial charge in [-0.15, -0.1) is 0 Å². The molecular formula is C26H42N4O5. The van der Waals surface area contributed by atoms with E-state index in [1.807, 2.05) is 20.8 Å². The van der Waals surface area contributed by atoms with Crippen molar-refractivity contribution in [2.45, 2.75) is 91.6 Å². The van der Waals surface area contributed by atoms with Gasteiger partial charge in [0.25, 0.3) is 5.91 Å². The number of carbonyl (C=O) groups excluding carboxylic acids is 5. The summed E-state index contributed by atoms with van der Waals surface area (Å²) in [5.41, 5.74) is 10.6. The van der Waals surface area contributed by atoms with Crippen LogP contribution in [0.25, 0.3) is 0 Å². The minimum Gasteiger partial charge on any atom is -0.363 e. The zero-order valence-corrected chi connectivity index (χ0v) is 21.7. The Hall–Kier alpha value is -2.71. The Morgan fingerprint density at radius 3 is 2.17 bits per heavy atom. The minimum absolute atomic E-state index is 0.198. The Kier molecular flexibility index (Phi) is 9.63. The average molecular weight is 491 g/mol. The third kappa shape index (κ3) is 7.64. The number of primary amides is 2. The van der Waals surface area contributed by atoms with E-state index in [4.69, 9.17) is 11.5 Å². The molecule has 0 bridgehead atoms. The number of carbonyl (C=O) groups is 5.